The van der Waals surface area contributed by atoms with Gasteiger partial charge in [0.25, 0.3) is 0 Å². The lowest BCUT2D eigenvalue weighted by Gasteiger charge is -2.54. The van der Waals surface area contributed by atoms with Gasteiger partial charge in [0, 0.05) is 61.6 Å². The van der Waals surface area contributed by atoms with Crippen LogP contribution < -0.4 is 0 Å². The molecule has 1 spiro atoms. The average Bonchev–Trinajstić information content (AvgIpc) is 2.92. The van der Waals surface area contributed by atoms with Crippen molar-refractivity contribution < 1.29 is 4.79 Å². The van der Waals surface area contributed by atoms with Gasteiger partial charge in [-0.1, -0.05) is 68.6 Å². The summed E-state index contributed by atoms with van der Waals surface area (Å²) in [7, 11) is 0. The maximum Gasteiger partial charge on any atom is 0.245 e. The molecule has 2 fully saturated rings. The molecule has 4 heterocycles. The van der Waals surface area contributed by atoms with Gasteiger partial charge in [0.05, 0.1) is 11.2 Å². The first-order chi connectivity index (χ1) is 17.6. The van der Waals surface area contributed by atoms with Crippen molar-refractivity contribution in [3.63, 3.8) is 0 Å². The zero-order valence-electron chi connectivity index (χ0n) is 20.4. The van der Waals surface area contributed by atoms with Crippen molar-refractivity contribution in [2.24, 2.45) is 5.41 Å². The van der Waals surface area contributed by atoms with E-state index in [0.29, 0.717) is 5.41 Å². The minimum Gasteiger partial charge on any atom is -0.339 e. The monoisotopic (exact) mass is 490 g/mol. The van der Waals surface area contributed by atoms with Crippen LogP contribution in [-0.4, -0.2) is 51.9 Å². The van der Waals surface area contributed by atoms with Gasteiger partial charge in [-0.25, -0.2) is 4.98 Å². The van der Waals surface area contributed by atoms with Crippen LogP contribution in [0.2, 0.25) is 0 Å². The molecule has 0 unspecified atom stereocenters. The third-order valence-electron chi connectivity index (χ3n) is 7.76. The van der Waals surface area contributed by atoms with E-state index in [1.165, 1.54) is 11.6 Å². The van der Waals surface area contributed by atoms with Crippen molar-refractivity contribution in [3.05, 3.63) is 97.3 Å². The molecule has 0 radical (unpaired) electrons. The van der Waals surface area contributed by atoms with E-state index in [2.05, 4.69) is 71.1 Å². The largest absolute Gasteiger partial charge is 0.339 e. The predicted molar refractivity (Wildman–Crippen MR) is 151 cm³/mol. The van der Waals surface area contributed by atoms with Crippen LogP contribution in [-0.2, 0) is 11.3 Å². The van der Waals surface area contributed by atoms with Crippen molar-refractivity contribution in [3.8, 4) is 22.4 Å². The van der Waals surface area contributed by atoms with Gasteiger partial charge in [0.1, 0.15) is 0 Å². The molecular formula is C32H34N4O. The fourth-order valence-corrected chi connectivity index (χ4v) is 5.76. The van der Waals surface area contributed by atoms with Crippen molar-refractivity contribution >= 4 is 16.8 Å². The fourth-order valence-electron chi connectivity index (χ4n) is 5.76. The Kier molecular flexibility index (Phi) is 6.90. The summed E-state index contributed by atoms with van der Waals surface area (Å²) in [5.41, 5.74) is 7.04. The van der Waals surface area contributed by atoms with Crippen molar-refractivity contribution in [2.45, 2.75) is 26.8 Å². The quantitative estimate of drug-likeness (QED) is 0.312. The number of fused-ring (bicyclic) bond motifs is 1. The standard InChI is InChI=1S/C31H30N4O.CH4/c1-2-29(36)35-16-13-31(14-17-35)21-34(22-31)20-23-8-10-25(11-9-23)30-27(24-6-4-3-5-7-24)18-26-19-32-15-12-28(26)33-30;/h2-12,15,18-19H,1,13-14,16-17,20-22H2;1H4. The summed E-state index contributed by atoms with van der Waals surface area (Å²) in [6, 6.07) is 23.5. The van der Waals surface area contributed by atoms with Gasteiger partial charge < -0.3 is 4.90 Å². The highest BCUT2D eigenvalue weighted by atomic mass is 16.2. The molecule has 0 bridgehead atoms. The van der Waals surface area contributed by atoms with E-state index in [-0.39, 0.29) is 13.3 Å². The molecular weight excluding hydrogens is 456 g/mol. The molecule has 6 rings (SSSR count). The minimum atomic E-state index is 0. The first kappa shape index (κ1) is 24.8. The zero-order chi connectivity index (χ0) is 24.5. The highest BCUT2D eigenvalue weighted by Gasteiger charge is 2.44. The van der Waals surface area contributed by atoms with Crippen LogP contribution in [0.4, 0.5) is 0 Å². The molecule has 1 amide bonds. The van der Waals surface area contributed by atoms with Gasteiger partial charge in [-0.05, 0) is 47.6 Å². The Hall–Kier alpha value is -3.83. The molecule has 5 heteroatoms. The number of carbonyl (C=O) groups excluding carboxylic acids is 1. The van der Waals surface area contributed by atoms with Crippen LogP contribution in [0.1, 0.15) is 25.8 Å². The molecule has 2 aromatic heterocycles. The number of piperidine rings is 1. The van der Waals surface area contributed by atoms with E-state index >= 15 is 0 Å². The summed E-state index contributed by atoms with van der Waals surface area (Å²) >= 11 is 0. The van der Waals surface area contributed by atoms with Gasteiger partial charge in [-0.3, -0.25) is 14.7 Å². The predicted octanol–water partition coefficient (Wildman–Crippen LogP) is 6.21. The van der Waals surface area contributed by atoms with Crippen LogP contribution in [0.3, 0.4) is 0 Å². The van der Waals surface area contributed by atoms with Gasteiger partial charge in [-0.15, -0.1) is 0 Å². The van der Waals surface area contributed by atoms with Crippen molar-refractivity contribution in [2.75, 3.05) is 26.2 Å². The number of benzene rings is 2. The third-order valence-corrected chi connectivity index (χ3v) is 7.76. The SMILES string of the molecule is C.C=CC(=O)N1CCC2(CC1)CN(Cc1ccc(-c3nc4ccncc4cc3-c3ccccc3)cc1)C2. The van der Waals surface area contributed by atoms with Crippen LogP contribution in [0.25, 0.3) is 33.3 Å². The van der Waals surface area contributed by atoms with E-state index in [0.717, 1.165) is 78.9 Å². The normalized spacial score (nSPS) is 16.7. The van der Waals surface area contributed by atoms with Gasteiger partial charge >= 0.3 is 0 Å². The lowest BCUT2D eigenvalue weighted by atomic mass is 9.72. The van der Waals surface area contributed by atoms with E-state index in [1.807, 2.05) is 23.2 Å². The minimum absolute atomic E-state index is 0. The van der Waals surface area contributed by atoms with E-state index in [1.54, 1.807) is 6.20 Å². The van der Waals surface area contributed by atoms with Crippen LogP contribution in [0.15, 0.2) is 91.8 Å². The Morgan fingerprint density at radius 3 is 2.41 bits per heavy atom. The first-order valence-electron chi connectivity index (χ1n) is 12.7. The second-order valence-corrected chi connectivity index (χ2v) is 10.2. The number of nitrogens with zero attached hydrogens (tertiary/aromatic N) is 4. The van der Waals surface area contributed by atoms with E-state index in [4.69, 9.17) is 4.98 Å². The molecule has 2 aliphatic heterocycles. The van der Waals surface area contributed by atoms with Gasteiger partial charge in [0.15, 0.2) is 0 Å². The number of carbonyl (C=O) groups is 1. The van der Waals surface area contributed by atoms with Crippen LogP contribution in [0.5, 0.6) is 0 Å². The van der Waals surface area contributed by atoms with Crippen LogP contribution in [0, 0.1) is 5.41 Å². The Labute approximate surface area is 219 Å². The molecule has 5 nitrogen and oxygen atoms in total. The number of rotatable bonds is 5. The maximum atomic E-state index is 11.9. The molecule has 188 valence electrons. The number of hydrogen-bond acceptors (Lipinski definition) is 4. The third kappa shape index (κ3) is 4.92. The Balaban J connectivity index is 0.00000280. The molecule has 0 atom stereocenters. The maximum absolute atomic E-state index is 11.9. The summed E-state index contributed by atoms with van der Waals surface area (Å²) in [6.07, 6.45) is 7.29. The van der Waals surface area contributed by atoms with Crippen molar-refractivity contribution in [1.29, 1.82) is 0 Å². The lowest BCUT2D eigenvalue weighted by molar-refractivity contribution is -0.131. The Morgan fingerprint density at radius 2 is 1.70 bits per heavy atom. The Morgan fingerprint density at radius 1 is 0.973 bits per heavy atom. The summed E-state index contributed by atoms with van der Waals surface area (Å²) < 4.78 is 0. The average molecular weight is 491 g/mol. The lowest BCUT2D eigenvalue weighted by Crippen LogP contribution is -2.60. The molecule has 0 saturated carbocycles. The molecule has 2 aromatic carbocycles. The molecule has 0 aliphatic carbocycles. The summed E-state index contributed by atoms with van der Waals surface area (Å²) in [4.78, 5) is 25.7. The topological polar surface area (TPSA) is 49.3 Å². The number of pyridine rings is 2. The zero-order valence-corrected chi connectivity index (χ0v) is 20.4. The summed E-state index contributed by atoms with van der Waals surface area (Å²) in [5, 5.41) is 1.04. The molecule has 37 heavy (non-hydrogen) atoms. The van der Waals surface area contributed by atoms with Gasteiger partial charge in [-0.2, -0.15) is 0 Å². The first-order valence-corrected chi connectivity index (χ1v) is 12.7. The summed E-state index contributed by atoms with van der Waals surface area (Å²) in [6.45, 7) is 8.51. The molecule has 2 saturated heterocycles. The molecule has 2 aliphatic rings. The second-order valence-electron chi connectivity index (χ2n) is 10.2. The highest BCUT2D eigenvalue weighted by molar-refractivity contribution is 5.91. The van der Waals surface area contributed by atoms with Gasteiger partial charge in [0.2, 0.25) is 5.91 Å². The number of hydrogen-bond donors (Lipinski definition) is 0. The highest BCUT2D eigenvalue weighted by Crippen LogP contribution is 2.41. The van der Waals surface area contributed by atoms with Crippen LogP contribution >= 0.6 is 0 Å². The smallest absolute Gasteiger partial charge is 0.245 e. The fraction of sp³-hybridized carbons (Fsp3) is 0.281. The number of amides is 1. The molecule has 4 aromatic rings. The van der Waals surface area contributed by atoms with E-state index in [9.17, 15) is 4.79 Å². The Bertz CT molecular complexity index is 1400. The number of aromatic nitrogens is 2. The van der Waals surface area contributed by atoms with Crippen molar-refractivity contribution in [1.82, 2.24) is 19.8 Å². The second kappa shape index (κ2) is 10.3. The summed E-state index contributed by atoms with van der Waals surface area (Å²) in [5.74, 6) is 0.0640. The number of likely N-dealkylation sites (tertiary alicyclic amines) is 2. The van der Waals surface area contributed by atoms with E-state index < -0.39 is 0 Å². The molecule has 0 N–H and O–H groups in total.